The highest BCUT2D eigenvalue weighted by atomic mass is 16.5. The zero-order chi connectivity index (χ0) is 16.3. The van der Waals surface area contributed by atoms with Gasteiger partial charge >= 0.3 is 5.97 Å². The van der Waals surface area contributed by atoms with Gasteiger partial charge in [0.1, 0.15) is 5.75 Å². The molecule has 116 valence electrons. The topological polar surface area (TPSA) is 56.3 Å². The van der Waals surface area contributed by atoms with Crippen LogP contribution in [-0.2, 0) is 11.2 Å². The van der Waals surface area contributed by atoms with E-state index >= 15 is 0 Å². The Kier molecular flexibility index (Phi) is 4.91. The van der Waals surface area contributed by atoms with Gasteiger partial charge in [-0.2, -0.15) is 0 Å². The number of benzene rings is 1. The second kappa shape index (κ2) is 6.69. The van der Waals surface area contributed by atoms with Gasteiger partial charge in [0.2, 0.25) is 0 Å². The lowest BCUT2D eigenvalue weighted by molar-refractivity contribution is -0.131. The molecule has 22 heavy (non-hydrogen) atoms. The summed E-state index contributed by atoms with van der Waals surface area (Å²) >= 11 is 0. The molecule has 4 heteroatoms. The predicted octanol–water partition coefficient (Wildman–Crippen LogP) is 3.93. The van der Waals surface area contributed by atoms with Crippen LogP contribution in [0.15, 0.2) is 12.1 Å². The molecule has 1 heterocycles. The Labute approximate surface area is 130 Å². The third kappa shape index (κ3) is 3.16. The number of carbonyl (C=O) groups is 2. The Morgan fingerprint density at radius 2 is 2.05 bits per heavy atom. The maximum Gasteiger partial charge on any atom is 0.308 e. The first-order valence-electron chi connectivity index (χ1n) is 7.55. The van der Waals surface area contributed by atoms with Crippen LogP contribution < -0.4 is 4.74 Å². The van der Waals surface area contributed by atoms with Crippen LogP contribution in [0.25, 0.3) is 10.9 Å². The minimum Gasteiger partial charge on any atom is -0.426 e. The van der Waals surface area contributed by atoms with E-state index < -0.39 is 0 Å². The fourth-order valence-corrected chi connectivity index (χ4v) is 2.53. The number of carbonyl (C=O) groups excluding carboxylic acids is 2. The predicted molar refractivity (Wildman–Crippen MR) is 86.5 cm³/mol. The second-order valence-electron chi connectivity index (χ2n) is 5.55. The smallest absolute Gasteiger partial charge is 0.308 e. The molecular formula is C18H21NO3. The zero-order valence-corrected chi connectivity index (χ0v) is 13.5. The third-order valence-corrected chi connectivity index (χ3v) is 3.80. The number of unbranched alkanes of at least 4 members (excludes halogenated alkanes) is 1. The molecule has 0 radical (unpaired) electrons. The minimum absolute atomic E-state index is 0.374. The van der Waals surface area contributed by atoms with Gasteiger partial charge in [-0.25, -0.2) is 0 Å². The fraction of sp³-hybridized carbons (Fsp3) is 0.389. The minimum atomic E-state index is -0.374. The summed E-state index contributed by atoms with van der Waals surface area (Å²) in [5.74, 6) is 0.137. The molecule has 4 nitrogen and oxygen atoms in total. The van der Waals surface area contributed by atoms with E-state index in [0.717, 1.165) is 47.8 Å². The standard InChI is InChI=1S/C18H21NO3/c1-5-6-7-14-8-15(10-20)17-16(9-14)18(22-13(4)21)11(2)12(3)19-17/h8-10H,5-7H2,1-4H3. The average molecular weight is 299 g/mol. The number of aryl methyl sites for hydroxylation is 2. The number of aldehydes is 1. The summed E-state index contributed by atoms with van der Waals surface area (Å²) in [6.45, 7) is 7.23. The molecule has 0 fully saturated rings. The van der Waals surface area contributed by atoms with Gasteiger partial charge in [-0.05, 0) is 44.4 Å². The van der Waals surface area contributed by atoms with E-state index in [1.165, 1.54) is 6.92 Å². The third-order valence-electron chi connectivity index (χ3n) is 3.80. The molecule has 2 aromatic rings. The molecule has 2 rings (SSSR count). The molecule has 0 bridgehead atoms. The molecule has 0 aliphatic carbocycles. The molecule has 0 aliphatic heterocycles. The van der Waals surface area contributed by atoms with Crippen molar-refractivity contribution in [3.8, 4) is 5.75 Å². The number of rotatable bonds is 5. The highest BCUT2D eigenvalue weighted by molar-refractivity contribution is 6.00. The molecule has 0 spiro atoms. The van der Waals surface area contributed by atoms with Crippen molar-refractivity contribution < 1.29 is 14.3 Å². The van der Waals surface area contributed by atoms with Crippen LogP contribution in [0.3, 0.4) is 0 Å². The molecule has 0 unspecified atom stereocenters. The van der Waals surface area contributed by atoms with E-state index in [2.05, 4.69) is 11.9 Å². The number of pyridine rings is 1. The Balaban J connectivity index is 2.75. The van der Waals surface area contributed by atoms with Crippen LogP contribution in [0, 0.1) is 13.8 Å². The van der Waals surface area contributed by atoms with Crippen LogP contribution in [0.4, 0.5) is 0 Å². The van der Waals surface area contributed by atoms with Crippen LogP contribution >= 0.6 is 0 Å². The van der Waals surface area contributed by atoms with Crippen molar-refractivity contribution in [2.24, 2.45) is 0 Å². The summed E-state index contributed by atoms with van der Waals surface area (Å²) in [5.41, 5.74) is 3.78. The lowest BCUT2D eigenvalue weighted by Gasteiger charge is -2.14. The van der Waals surface area contributed by atoms with E-state index in [9.17, 15) is 9.59 Å². The number of fused-ring (bicyclic) bond motifs is 1. The molecule has 0 aliphatic rings. The van der Waals surface area contributed by atoms with Crippen LogP contribution in [-0.4, -0.2) is 17.2 Å². The summed E-state index contributed by atoms with van der Waals surface area (Å²) in [7, 11) is 0. The van der Waals surface area contributed by atoms with Gasteiger partial charge in [-0.15, -0.1) is 0 Å². The lowest BCUT2D eigenvalue weighted by Crippen LogP contribution is -2.06. The first-order chi connectivity index (χ1) is 10.5. The van der Waals surface area contributed by atoms with Crippen LogP contribution in [0.2, 0.25) is 0 Å². The maximum absolute atomic E-state index is 11.4. The highest BCUT2D eigenvalue weighted by Crippen LogP contribution is 2.33. The lowest BCUT2D eigenvalue weighted by atomic mass is 9.99. The van der Waals surface area contributed by atoms with Crippen molar-refractivity contribution in [2.45, 2.75) is 47.0 Å². The van der Waals surface area contributed by atoms with Crippen molar-refractivity contribution in [3.05, 3.63) is 34.5 Å². The largest absolute Gasteiger partial charge is 0.426 e. The number of hydrogen-bond acceptors (Lipinski definition) is 4. The van der Waals surface area contributed by atoms with Gasteiger partial charge in [0.15, 0.2) is 6.29 Å². The van der Waals surface area contributed by atoms with E-state index in [0.29, 0.717) is 16.8 Å². The number of ether oxygens (including phenoxy) is 1. The summed E-state index contributed by atoms with van der Waals surface area (Å²) in [4.78, 5) is 27.4. The van der Waals surface area contributed by atoms with Crippen molar-refractivity contribution >= 4 is 23.2 Å². The number of hydrogen-bond donors (Lipinski definition) is 0. The Morgan fingerprint density at radius 1 is 1.32 bits per heavy atom. The van der Waals surface area contributed by atoms with Crippen LogP contribution in [0.5, 0.6) is 5.75 Å². The van der Waals surface area contributed by atoms with E-state index in [-0.39, 0.29) is 5.97 Å². The van der Waals surface area contributed by atoms with E-state index in [1.807, 2.05) is 26.0 Å². The number of nitrogens with zero attached hydrogens (tertiary/aromatic N) is 1. The van der Waals surface area contributed by atoms with Crippen molar-refractivity contribution in [1.29, 1.82) is 0 Å². The summed E-state index contributed by atoms with van der Waals surface area (Å²) in [6.07, 6.45) is 3.83. The molecule has 0 saturated carbocycles. The average Bonchev–Trinajstić information content (AvgIpc) is 2.49. The van der Waals surface area contributed by atoms with Crippen molar-refractivity contribution in [3.63, 3.8) is 0 Å². The number of aromatic nitrogens is 1. The molecule has 0 N–H and O–H groups in total. The molecule has 1 aromatic heterocycles. The first kappa shape index (κ1) is 16.1. The summed E-state index contributed by atoms with van der Waals surface area (Å²) < 4.78 is 5.40. The van der Waals surface area contributed by atoms with E-state index in [1.54, 1.807) is 0 Å². The quantitative estimate of drug-likeness (QED) is 0.620. The van der Waals surface area contributed by atoms with Gasteiger partial charge in [0.25, 0.3) is 0 Å². The van der Waals surface area contributed by atoms with Crippen molar-refractivity contribution in [1.82, 2.24) is 4.98 Å². The second-order valence-corrected chi connectivity index (χ2v) is 5.55. The Morgan fingerprint density at radius 3 is 2.64 bits per heavy atom. The first-order valence-corrected chi connectivity index (χ1v) is 7.55. The van der Waals surface area contributed by atoms with Gasteiger partial charge in [-0.3, -0.25) is 14.6 Å². The molecular weight excluding hydrogens is 278 g/mol. The fourth-order valence-electron chi connectivity index (χ4n) is 2.53. The zero-order valence-electron chi connectivity index (χ0n) is 13.5. The van der Waals surface area contributed by atoms with Gasteiger partial charge < -0.3 is 4.74 Å². The number of esters is 1. The molecule has 0 amide bonds. The van der Waals surface area contributed by atoms with Crippen molar-refractivity contribution in [2.75, 3.05) is 0 Å². The summed E-state index contributed by atoms with van der Waals surface area (Å²) in [5, 5.41) is 0.731. The summed E-state index contributed by atoms with van der Waals surface area (Å²) in [6, 6.07) is 3.86. The monoisotopic (exact) mass is 299 g/mol. The normalized spacial score (nSPS) is 10.7. The van der Waals surface area contributed by atoms with Crippen LogP contribution in [0.1, 0.15) is 53.9 Å². The molecule has 0 atom stereocenters. The Hall–Kier alpha value is -2.23. The van der Waals surface area contributed by atoms with Gasteiger partial charge in [0.05, 0.1) is 5.52 Å². The maximum atomic E-state index is 11.4. The van der Waals surface area contributed by atoms with Gasteiger partial charge in [-0.1, -0.05) is 13.3 Å². The highest BCUT2D eigenvalue weighted by Gasteiger charge is 2.16. The van der Waals surface area contributed by atoms with E-state index in [4.69, 9.17) is 4.74 Å². The van der Waals surface area contributed by atoms with Gasteiger partial charge in [0, 0.05) is 29.1 Å². The molecule has 1 aromatic carbocycles. The SMILES string of the molecule is CCCCc1cc(C=O)c2nc(C)c(C)c(OC(C)=O)c2c1. The molecule has 0 saturated heterocycles. The Bertz CT molecular complexity index is 735.